The lowest BCUT2D eigenvalue weighted by molar-refractivity contribution is -0.137. The molecule has 0 bridgehead atoms. The molecule has 172 valence electrons. The Balaban J connectivity index is 1.57. The van der Waals surface area contributed by atoms with Gasteiger partial charge in [-0.2, -0.15) is 18.3 Å². The molecule has 0 amide bonds. The molecule has 0 unspecified atom stereocenters. The van der Waals surface area contributed by atoms with Crippen LogP contribution in [-0.2, 0) is 12.7 Å². The summed E-state index contributed by atoms with van der Waals surface area (Å²) in [6, 6.07) is 13.7. The minimum Gasteiger partial charge on any atom is -0.305 e. The van der Waals surface area contributed by atoms with Crippen LogP contribution in [0.25, 0.3) is 27.7 Å². The standard InChI is InChI=1S/C25H25F3N4O/c1-3-11-30(2)13-14-32-23-9-8-22(15-20(23)17-29-32)31-12-10-19(16-24(31)33)18-4-6-21(7-5-18)25(26,27)28/h4-10,12,15-17H,3,11,13-14H2,1-2H3. The summed E-state index contributed by atoms with van der Waals surface area (Å²) in [5, 5.41) is 5.42. The number of halogens is 3. The van der Waals surface area contributed by atoms with Gasteiger partial charge >= 0.3 is 6.18 Å². The van der Waals surface area contributed by atoms with Crippen LogP contribution in [0.5, 0.6) is 0 Å². The smallest absolute Gasteiger partial charge is 0.305 e. The highest BCUT2D eigenvalue weighted by Crippen LogP contribution is 2.30. The molecule has 2 heterocycles. The Morgan fingerprint density at radius 3 is 2.39 bits per heavy atom. The van der Waals surface area contributed by atoms with Gasteiger partial charge in [0.1, 0.15) is 0 Å². The highest BCUT2D eigenvalue weighted by Gasteiger charge is 2.29. The summed E-state index contributed by atoms with van der Waals surface area (Å²) in [4.78, 5) is 15.0. The molecule has 0 fully saturated rings. The van der Waals surface area contributed by atoms with Gasteiger partial charge < -0.3 is 4.90 Å². The van der Waals surface area contributed by atoms with Crippen molar-refractivity contribution < 1.29 is 13.2 Å². The van der Waals surface area contributed by atoms with Crippen molar-refractivity contribution in [2.24, 2.45) is 0 Å². The molecule has 33 heavy (non-hydrogen) atoms. The topological polar surface area (TPSA) is 43.1 Å². The second-order valence-electron chi connectivity index (χ2n) is 8.11. The third kappa shape index (κ3) is 5.01. The van der Waals surface area contributed by atoms with E-state index < -0.39 is 11.7 Å². The van der Waals surface area contributed by atoms with Crippen molar-refractivity contribution in [3.8, 4) is 16.8 Å². The number of pyridine rings is 1. The molecule has 0 saturated heterocycles. The van der Waals surface area contributed by atoms with Crippen LogP contribution in [-0.4, -0.2) is 39.4 Å². The van der Waals surface area contributed by atoms with Gasteiger partial charge in [0, 0.05) is 29.9 Å². The maximum atomic E-state index is 12.8. The Morgan fingerprint density at radius 2 is 1.73 bits per heavy atom. The predicted octanol–water partition coefficient (Wildman–Crippen LogP) is 5.21. The van der Waals surface area contributed by atoms with Crippen molar-refractivity contribution >= 4 is 10.9 Å². The second-order valence-corrected chi connectivity index (χ2v) is 8.11. The molecule has 4 aromatic rings. The lowest BCUT2D eigenvalue weighted by atomic mass is 10.0. The molecular weight excluding hydrogens is 429 g/mol. The van der Waals surface area contributed by atoms with E-state index in [0.29, 0.717) is 16.8 Å². The first-order valence-electron chi connectivity index (χ1n) is 10.8. The number of aromatic nitrogens is 3. The SMILES string of the molecule is CCCN(C)CCn1ncc2cc(-n3ccc(-c4ccc(C(F)(F)F)cc4)cc3=O)ccc21. The van der Waals surface area contributed by atoms with E-state index in [-0.39, 0.29) is 5.56 Å². The average molecular weight is 454 g/mol. The van der Waals surface area contributed by atoms with Gasteiger partial charge in [-0.15, -0.1) is 0 Å². The molecular formula is C25H25F3N4O. The van der Waals surface area contributed by atoms with Gasteiger partial charge in [0.2, 0.25) is 0 Å². The third-order valence-corrected chi connectivity index (χ3v) is 5.67. The summed E-state index contributed by atoms with van der Waals surface area (Å²) in [6.45, 7) is 4.87. The van der Waals surface area contributed by atoms with Gasteiger partial charge in [-0.3, -0.25) is 14.0 Å². The number of likely N-dealkylation sites (N-methyl/N-ethyl adjacent to an activating group) is 1. The summed E-state index contributed by atoms with van der Waals surface area (Å²) in [5.41, 5.74) is 1.84. The molecule has 0 aliphatic heterocycles. The molecule has 5 nitrogen and oxygen atoms in total. The summed E-state index contributed by atoms with van der Waals surface area (Å²) in [6.07, 6.45) is 0.146. The van der Waals surface area contributed by atoms with Crippen molar-refractivity contribution in [1.29, 1.82) is 0 Å². The van der Waals surface area contributed by atoms with Gasteiger partial charge in [0.25, 0.3) is 5.56 Å². The first kappa shape index (κ1) is 22.8. The molecule has 4 rings (SSSR count). The Hall–Kier alpha value is -3.39. The minimum absolute atomic E-state index is 0.264. The summed E-state index contributed by atoms with van der Waals surface area (Å²) < 4.78 is 41.8. The normalized spacial score (nSPS) is 12.1. The van der Waals surface area contributed by atoms with Crippen LogP contribution in [0.1, 0.15) is 18.9 Å². The maximum Gasteiger partial charge on any atom is 0.416 e. The van der Waals surface area contributed by atoms with E-state index in [2.05, 4.69) is 24.0 Å². The largest absolute Gasteiger partial charge is 0.416 e. The van der Waals surface area contributed by atoms with E-state index in [9.17, 15) is 18.0 Å². The minimum atomic E-state index is -4.39. The quantitative estimate of drug-likeness (QED) is 0.385. The van der Waals surface area contributed by atoms with Gasteiger partial charge in [-0.05, 0) is 67.5 Å². The van der Waals surface area contributed by atoms with Gasteiger partial charge in [-0.1, -0.05) is 19.1 Å². The highest BCUT2D eigenvalue weighted by molar-refractivity contribution is 5.81. The van der Waals surface area contributed by atoms with Crippen LogP contribution < -0.4 is 5.56 Å². The molecule has 8 heteroatoms. The monoisotopic (exact) mass is 454 g/mol. The molecule has 0 N–H and O–H groups in total. The van der Waals surface area contributed by atoms with Crippen molar-refractivity contribution in [2.75, 3.05) is 20.1 Å². The van der Waals surface area contributed by atoms with Crippen LogP contribution in [0, 0.1) is 0 Å². The number of hydrogen-bond acceptors (Lipinski definition) is 3. The van der Waals surface area contributed by atoms with Crippen molar-refractivity contribution in [3.63, 3.8) is 0 Å². The van der Waals surface area contributed by atoms with Crippen LogP contribution >= 0.6 is 0 Å². The Kier molecular flexibility index (Phi) is 6.37. The van der Waals surface area contributed by atoms with Crippen molar-refractivity contribution in [1.82, 2.24) is 19.2 Å². The van der Waals surface area contributed by atoms with Crippen LogP contribution in [0.2, 0.25) is 0 Å². The summed E-state index contributed by atoms with van der Waals surface area (Å²) >= 11 is 0. The first-order chi connectivity index (χ1) is 15.8. The molecule has 0 aliphatic rings. The number of alkyl halides is 3. The first-order valence-corrected chi connectivity index (χ1v) is 10.8. The number of rotatable bonds is 7. The lowest BCUT2D eigenvalue weighted by Crippen LogP contribution is -2.24. The van der Waals surface area contributed by atoms with Gasteiger partial charge in [0.15, 0.2) is 0 Å². The number of hydrogen-bond donors (Lipinski definition) is 0. The van der Waals surface area contributed by atoms with E-state index in [1.165, 1.54) is 22.8 Å². The zero-order chi connectivity index (χ0) is 23.6. The molecule has 0 atom stereocenters. The Bertz CT molecular complexity index is 1310. The lowest BCUT2D eigenvalue weighted by Gasteiger charge is -2.15. The van der Waals surface area contributed by atoms with Crippen LogP contribution in [0.3, 0.4) is 0 Å². The average Bonchev–Trinajstić information content (AvgIpc) is 3.19. The fraction of sp³-hybridized carbons (Fsp3) is 0.280. The zero-order valence-corrected chi connectivity index (χ0v) is 18.5. The molecule has 0 radical (unpaired) electrons. The van der Waals surface area contributed by atoms with Crippen molar-refractivity contribution in [3.05, 3.63) is 82.9 Å². The molecule has 0 aliphatic carbocycles. The number of nitrogens with zero attached hydrogens (tertiary/aromatic N) is 4. The summed E-state index contributed by atoms with van der Waals surface area (Å²) in [5.74, 6) is 0. The number of benzene rings is 2. The Morgan fingerprint density at radius 1 is 0.970 bits per heavy atom. The van der Waals surface area contributed by atoms with Crippen molar-refractivity contribution in [2.45, 2.75) is 26.1 Å². The van der Waals surface area contributed by atoms with Crippen LogP contribution in [0.15, 0.2) is 71.8 Å². The molecule has 0 saturated carbocycles. The predicted molar refractivity (Wildman–Crippen MR) is 124 cm³/mol. The van der Waals surface area contributed by atoms with E-state index in [4.69, 9.17) is 0 Å². The third-order valence-electron chi connectivity index (χ3n) is 5.67. The van der Waals surface area contributed by atoms with E-state index in [1.807, 2.05) is 22.9 Å². The van der Waals surface area contributed by atoms with Gasteiger partial charge in [0.05, 0.1) is 23.8 Å². The van der Waals surface area contributed by atoms with Crippen LogP contribution in [0.4, 0.5) is 13.2 Å². The number of fused-ring (bicyclic) bond motifs is 1. The highest BCUT2D eigenvalue weighted by atomic mass is 19.4. The summed E-state index contributed by atoms with van der Waals surface area (Å²) in [7, 11) is 2.09. The van der Waals surface area contributed by atoms with E-state index in [0.717, 1.165) is 49.1 Å². The fourth-order valence-electron chi connectivity index (χ4n) is 3.88. The second kappa shape index (κ2) is 9.23. The fourth-order valence-corrected chi connectivity index (χ4v) is 3.88. The molecule has 0 spiro atoms. The molecule has 2 aromatic carbocycles. The van der Waals surface area contributed by atoms with E-state index in [1.54, 1.807) is 18.5 Å². The Labute approximate surface area is 189 Å². The molecule has 2 aromatic heterocycles. The zero-order valence-electron chi connectivity index (χ0n) is 18.5. The van der Waals surface area contributed by atoms with Gasteiger partial charge in [-0.25, -0.2) is 0 Å². The van der Waals surface area contributed by atoms with E-state index >= 15 is 0 Å². The maximum absolute atomic E-state index is 12.8.